The molecule has 0 spiro atoms. The highest BCUT2D eigenvalue weighted by molar-refractivity contribution is 5.79. The van der Waals surface area contributed by atoms with Gasteiger partial charge < -0.3 is 27.6 Å². The highest BCUT2D eigenvalue weighted by Crippen LogP contribution is 2.12. The summed E-state index contributed by atoms with van der Waals surface area (Å²) < 4.78 is 0. The Hall–Kier alpha value is -1.67. The van der Waals surface area contributed by atoms with Crippen molar-refractivity contribution in [1.29, 1.82) is 0 Å². The van der Waals surface area contributed by atoms with Crippen LogP contribution in [0, 0.1) is 0 Å². The fourth-order valence-corrected chi connectivity index (χ4v) is 2.08. The quantitative estimate of drug-likeness (QED) is 0.168. The van der Waals surface area contributed by atoms with E-state index in [-0.39, 0.29) is 11.9 Å². The number of anilines is 1. The number of nitrogens with two attached hydrogens (primary N) is 1. The lowest BCUT2D eigenvalue weighted by molar-refractivity contribution is -0.406. The Morgan fingerprint density at radius 3 is 2.77 bits per heavy atom. The Bertz CT molecular complexity index is 455. The van der Waals surface area contributed by atoms with Crippen LogP contribution in [0.25, 0.3) is 0 Å². The van der Waals surface area contributed by atoms with Crippen molar-refractivity contribution in [2.45, 2.75) is 31.5 Å². The molecule has 0 radical (unpaired) electrons. The van der Waals surface area contributed by atoms with Crippen LogP contribution in [0.4, 0.5) is 5.69 Å². The van der Waals surface area contributed by atoms with Crippen LogP contribution in [-0.2, 0) is 4.79 Å². The minimum Gasteiger partial charge on any atom is -0.399 e. The first-order valence-corrected chi connectivity index (χ1v) is 7.71. The Morgan fingerprint density at radius 2 is 2.09 bits per heavy atom. The van der Waals surface area contributed by atoms with Crippen LogP contribution in [0.2, 0.25) is 0 Å². The maximum absolute atomic E-state index is 11.8. The molecule has 0 aromatic heterocycles. The van der Waals surface area contributed by atoms with E-state index in [0.29, 0.717) is 24.3 Å². The van der Waals surface area contributed by atoms with Crippen LogP contribution in [0.15, 0.2) is 24.3 Å². The maximum atomic E-state index is 11.8. The largest absolute Gasteiger partial charge is 0.399 e. The molecular formula is C15H29N5O2+2. The van der Waals surface area contributed by atoms with Gasteiger partial charge in [0.1, 0.15) is 6.23 Å². The number of benzene rings is 1. The molecule has 7 heteroatoms. The van der Waals surface area contributed by atoms with Gasteiger partial charge in [0, 0.05) is 25.2 Å². The average molecular weight is 311 g/mol. The molecule has 0 bridgehead atoms. The third-order valence-corrected chi connectivity index (χ3v) is 3.41. The van der Waals surface area contributed by atoms with Gasteiger partial charge in [-0.05, 0) is 30.5 Å². The molecule has 0 heterocycles. The molecule has 1 amide bonds. The van der Waals surface area contributed by atoms with E-state index >= 15 is 0 Å². The van der Waals surface area contributed by atoms with Crippen molar-refractivity contribution in [1.82, 2.24) is 10.6 Å². The Labute approximate surface area is 131 Å². The van der Waals surface area contributed by atoms with E-state index in [1.54, 1.807) is 24.3 Å². The van der Waals surface area contributed by atoms with Crippen LogP contribution < -0.4 is 27.8 Å². The minimum atomic E-state index is -0.798. The standard InChI is InChI=1S/C15H27N5O2/c16-7-2-1-6-13(18)15(22)20-9-8-19-14(21)11-4-3-5-12(17)10-11/h3-5,10,13-14,19,21H,1-2,6-9,16-18H2,(H,20,22)/p+2. The molecule has 0 saturated carbocycles. The molecule has 0 aliphatic rings. The molecule has 2 unspecified atom stereocenters. The molecule has 1 aromatic rings. The van der Waals surface area contributed by atoms with Gasteiger partial charge in [-0.1, -0.05) is 12.1 Å². The summed E-state index contributed by atoms with van der Waals surface area (Å²) in [6.45, 7) is 1.80. The van der Waals surface area contributed by atoms with Gasteiger partial charge in [-0.2, -0.15) is 0 Å². The summed E-state index contributed by atoms with van der Waals surface area (Å²) in [6.07, 6.45) is 1.97. The van der Waals surface area contributed by atoms with Gasteiger partial charge >= 0.3 is 0 Å². The summed E-state index contributed by atoms with van der Waals surface area (Å²) in [5.74, 6) is -0.0516. The summed E-state index contributed by atoms with van der Waals surface area (Å²) in [5.41, 5.74) is 14.6. The second-order valence-electron chi connectivity index (χ2n) is 5.36. The van der Waals surface area contributed by atoms with E-state index in [0.717, 1.165) is 25.8 Å². The van der Waals surface area contributed by atoms with Crippen molar-refractivity contribution in [3.05, 3.63) is 29.8 Å². The Kier molecular flexibility index (Phi) is 8.46. The summed E-state index contributed by atoms with van der Waals surface area (Å²) in [7, 11) is 0. The lowest BCUT2D eigenvalue weighted by atomic mass is 10.1. The molecule has 124 valence electrons. The smallest absolute Gasteiger partial charge is 0.278 e. The van der Waals surface area contributed by atoms with Gasteiger partial charge in [0.25, 0.3) is 5.91 Å². The van der Waals surface area contributed by atoms with E-state index in [2.05, 4.69) is 22.1 Å². The summed E-state index contributed by atoms with van der Waals surface area (Å²) in [5, 5.41) is 15.7. The zero-order chi connectivity index (χ0) is 16.4. The summed E-state index contributed by atoms with van der Waals surface area (Å²) in [6, 6.07) is 6.83. The molecule has 1 rings (SSSR count). The summed E-state index contributed by atoms with van der Waals surface area (Å²) >= 11 is 0. The SMILES string of the molecule is Nc1cccc(C(O)NCCNC(=O)C([NH3+])CCCC[NH3+])c1. The molecule has 0 aliphatic heterocycles. The number of hydrogen-bond acceptors (Lipinski definition) is 4. The number of quaternary nitrogens is 2. The molecule has 11 N–H and O–H groups in total. The van der Waals surface area contributed by atoms with Gasteiger partial charge in [-0.15, -0.1) is 0 Å². The van der Waals surface area contributed by atoms with Crippen molar-refractivity contribution >= 4 is 11.6 Å². The number of amides is 1. The van der Waals surface area contributed by atoms with E-state index < -0.39 is 6.23 Å². The Morgan fingerprint density at radius 1 is 1.32 bits per heavy atom. The van der Waals surface area contributed by atoms with Crippen molar-refractivity contribution in [2.75, 3.05) is 25.4 Å². The van der Waals surface area contributed by atoms with Crippen molar-refractivity contribution in [2.24, 2.45) is 0 Å². The van der Waals surface area contributed by atoms with Gasteiger partial charge in [-0.3, -0.25) is 10.1 Å². The fraction of sp³-hybridized carbons (Fsp3) is 0.533. The number of carbonyl (C=O) groups is 1. The lowest BCUT2D eigenvalue weighted by Crippen LogP contribution is -2.67. The first kappa shape index (κ1) is 18.4. The second-order valence-corrected chi connectivity index (χ2v) is 5.36. The number of rotatable bonds is 10. The Balaban J connectivity index is 2.20. The predicted molar refractivity (Wildman–Crippen MR) is 85.1 cm³/mol. The van der Waals surface area contributed by atoms with Crippen molar-refractivity contribution in [3.63, 3.8) is 0 Å². The number of nitrogen functional groups attached to an aromatic ring is 1. The molecule has 7 nitrogen and oxygen atoms in total. The lowest BCUT2D eigenvalue weighted by Gasteiger charge is -2.14. The van der Waals surface area contributed by atoms with Gasteiger partial charge in [0.2, 0.25) is 0 Å². The maximum Gasteiger partial charge on any atom is 0.278 e. The first-order valence-electron chi connectivity index (χ1n) is 7.71. The number of aliphatic hydroxyl groups excluding tert-OH is 1. The molecular weight excluding hydrogens is 282 g/mol. The van der Waals surface area contributed by atoms with Crippen LogP contribution in [0.3, 0.4) is 0 Å². The number of unbranched alkanes of at least 4 members (excludes halogenated alkanes) is 1. The number of nitrogens with one attached hydrogen (secondary N) is 2. The number of hydrogen-bond donors (Lipinski definition) is 6. The normalized spacial score (nSPS) is 13.6. The van der Waals surface area contributed by atoms with E-state index in [1.807, 2.05) is 0 Å². The zero-order valence-corrected chi connectivity index (χ0v) is 13.1. The second kappa shape index (κ2) is 10.1. The monoisotopic (exact) mass is 311 g/mol. The fourth-order valence-electron chi connectivity index (χ4n) is 2.08. The molecule has 2 atom stereocenters. The first-order chi connectivity index (χ1) is 10.5. The van der Waals surface area contributed by atoms with Crippen LogP contribution in [0.5, 0.6) is 0 Å². The van der Waals surface area contributed by atoms with Crippen LogP contribution in [0.1, 0.15) is 31.1 Å². The number of carbonyl (C=O) groups excluding carboxylic acids is 1. The van der Waals surface area contributed by atoms with Gasteiger partial charge in [-0.25, -0.2) is 0 Å². The zero-order valence-electron chi connectivity index (χ0n) is 13.1. The van der Waals surface area contributed by atoms with E-state index in [4.69, 9.17) is 5.73 Å². The van der Waals surface area contributed by atoms with Crippen LogP contribution in [-0.4, -0.2) is 36.7 Å². The number of aliphatic hydroxyl groups is 1. The molecule has 1 aromatic carbocycles. The predicted octanol–water partition coefficient (Wildman–Crippen LogP) is -2.01. The van der Waals surface area contributed by atoms with Crippen molar-refractivity contribution < 1.29 is 21.4 Å². The highest BCUT2D eigenvalue weighted by atomic mass is 16.3. The summed E-state index contributed by atoms with van der Waals surface area (Å²) in [4.78, 5) is 11.8. The van der Waals surface area contributed by atoms with E-state index in [1.165, 1.54) is 0 Å². The van der Waals surface area contributed by atoms with E-state index in [9.17, 15) is 9.90 Å². The molecule has 22 heavy (non-hydrogen) atoms. The molecule has 0 fully saturated rings. The topological polar surface area (TPSA) is 143 Å². The minimum absolute atomic E-state index is 0.0516. The van der Waals surface area contributed by atoms with Crippen molar-refractivity contribution in [3.8, 4) is 0 Å². The molecule has 0 aliphatic carbocycles. The third kappa shape index (κ3) is 6.86. The van der Waals surface area contributed by atoms with Gasteiger partial charge in [0.15, 0.2) is 6.04 Å². The third-order valence-electron chi connectivity index (χ3n) is 3.41. The highest BCUT2D eigenvalue weighted by Gasteiger charge is 2.16. The van der Waals surface area contributed by atoms with Crippen LogP contribution >= 0.6 is 0 Å². The average Bonchev–Trinajstić information content (AvgIpc) is 2.51. The molecule has 0 saturated heterocycles. The van der Waals surface area contributed by atoms with Gasteiger partial charge in [0.05, 0.1) is 6.54 Å².